The van der Waals surface area contributed by atoms with Gasteiger partial charge in [0.05, 0.1) is 4.90 Å². The Morgan fingerprint density at radius 3 is 2.83 bits per heavy atom. The fourth-order valence-corrected chi connectivity index (χ4v) is 4.58. The topological polar surface area (TPSA) is 85.1 Å². The Morgan fingerprint density at radius 2 is 2.13 bits per heavy atom. The highest BCUT2D eigenvalue weighted by Crippen LogP contribution is 2.38. The predicted molar refractivity (Wildman–Crippen MR) is 92.0 cm³/mol. The van der Waals surface area contributed by atoms with E-state index in [9.17, 15) is 8.42 Å². The fourth-order valence-electron chi connectivity index (χ4n) is 2.98. The van der Waals surface area contributed by atoms with Crippen molar-refractivity contribution in [2.45, 2.75) is 37.6 Å². The average Bonchev–Trinajstić information content (AvgIpc) is 2.85. The quantitative estimate of drug-likeness (QED) is 0.827. The molecule has 0 amide bonds. The molecule has 1 aromatic heterocycles. The summed E-state index contributed by atoms with van der Waals surface area (Å²) in [5.74, 6) is 0.220. The maximum Gasteiger partial charge on any atom is 0.241 e. The third-order valence-electron chi connectivity index (χ3n) is 4.17. The van der Waals surface area contributed by atoms with Gasteiger partial charge < -0.3 is 5.73 Å². The maximum absolute atomic E-state index is 12.8. The minimum absolute atomic E-state index is 0.135. The minimum Gasteiger partial charge on any atom is -0.324 e. The van der Waals surface area contributed by atoms with Crippen molar-refractivity contribution in [1.29, 1.82) is 0 Å². The zero-order chi connectivity index (χ0) is 16.8. The van der Waals surface area contributed by atoms with Gasteiger partial charge in [0.1, 0.15) is 5.15 Å². The van der Waals surface area contributed by atoms with Crippen LogP contribution in [0.4, 0.5) is 0 Å². The number of aryl methyl sites for hydroxylation is 1. The molecule has 7 heteroatoms. The molecular formula is C16H20ClN3O2S. The van der Waals surface area contributed by atoms with Gasteiger partial charge in [-0.25, -0.2) is 18.1 Å². The zero-order valence-corrected chi connectivity index (χ0v) is 14.7. The maximum atomic E-state index is 12.8. The Bertz CT molecular complexity index is 865. The first-order chi connectivity index (χ1) is 10.8. The molecule has 0 saturated carbocycles. The number of hydrogen-bond acceptors (Lipinski definition) is 4. The second kappa shape index (κ2) is 6.02. The van der Waals surface area contributed by atoms with E-state index in [0.29, 0.717) is 11.9 Å². The van der Waals surface area contributed by atoms with E-state index < -0.39 is 10.0 Å². The smallest absolute Gasteiger partial charge is 0.241 e. The van der Waals surface area contributed by atoms with Gasteiger partial charge in [0, 0.05) is 29.6 Å². The van der Waals surface area contributed by atoms with E-state index in [1.807, 2.05) is 13.8 Å². The minimum atomic E-state index is -3.64. The van der Waals surface area contributed by atoms with Crippen LogP contribution in [-0.2, 0) is 16.4 Å². The molecule has 0 spiro atoms. The highest BCUT2D eigenvalue weighted by Gasteiger charge is 2.27. The number of pyridine rings is 1. The molecule has 23 heavy (non-hydrogen) atoms. The molecule has 1 unspecified atom stereocenters. The largest absolute Gasteiger partial charge is 0.324 e. The molecular weight excluding hydrogens is 334 g/mol. The second-order valence-electron chi connectivity index (χ2n) is 6.39. The summed E-state index contributed by atoms with van der Waals surface area (Å²) in [5.41, 5.74) is 8.12. The lowest BCUT2D eigenvalue weighted by molar-refractivity contribution is 0.560. The number of nitrogens with two attached hydrogens (primary N) is 1. The van der Waals surface area contributed by atoms with Crippen LogP contribution in [0.1, 0.15) is 37.4 Å². The van der Waals surface area contributed by atoms with Crippen LogP contribution in [0.15, 0.2) is 23.2 Å². The van der Waals surface area contributed by atoms with E-state index >= 15 is 0 Å². The van der Waals surface area contributed by atoms with Crippen LogP contribution < -0.4 is 10.5 Å². The number of aromatic nitrogens is 1. The van der Waals surface area contributed by atoms with Crippen LogP contribution in [0.25, 0.3) is 10.8 Å². The Kier molecular flexibility index (Phi) is 4.35. The van der Waals surface area contributed by atoms with Crippen LogP contribution >= 0.6 is 11.6 Å². The van der Waals surface area contributed by atoms with E-state index in [2.05, 4.69) is 9.71 Å². The molecule has 1 heterocycles. The molecule has 1 aromatic carbocycles. The Morgan fingerprint density at radius 1 is 1.39 bits per heavy atom. The summed E-state index contributed by atoms with van der Waals surface area (Å²) in [6, 6.07) is 3.18. The number of nitrogens with zero attached hydrogens (tertiary/aromatic N) is 1. The molecule has 3 rings (SSSR count). The van der Waals surface area contributed by atoms with Crippen LogP contribution in [0, 0.1) is 5.92 Å². The molecule has 0 aliphatic heterocycles. The van der Waals surface area contributed by atoms with Gasteiger partial charge in [0.25, 0.3) is 0 Å². The lowest BCUT2D eigenvalue weighted by Crippen LogP contribution is -2.28. The fraction of sp³-hybridized carbons (Fsp3) is 0.438. The van der Waals surface area contributed by atoms with Crippen molar-refractivity contribution in [2.24, 2.45) is 11.7 Å². The molecule has 0 saturated heterocycles. The summed E-state index contributed by atoms with van der Waals surface area (Å²) >= 11 is 6.00. The van der Waals surface area contributed by atoms with Gasteiger partial charge in [0.15, 0.2) is 0 Å². The SMILES string of the molecule is CC(C)CNS(=O)(=O)c1cc2c(c3cnc(Cl)cc13)CCC2N. The molecule has 2 aromatic rings. The van der Waals surface area contributed by atoms with Gasteiger partial charge in [-0.05, 0) is 42.0 Å². The van der Waals surface area contributed by atoms with Crippen molar-refractivity contribution in [2.75, 3.05) is 6.54 Å². The monoisotopic (exact) mass is 353 g/mol. The van der Waals surface area contributed by atoms with Gasteiger partial charge in [0.2, 0.25) is 10.0 Å². The van der Waals surface area contributed by atoms with E-state index in [-0.39, 0.29) is 22.0 Å². The third kappa shape index (κ3) is 3.08. The van der Waals surface area contributed by atoms with Crippen LogP contribution in [-0.4, -0.2) is 19.9 Å². The van der Waals surface area contributed by atoms with Crippen molar-refractivity contribution < 1.29 is 8.42 Å². The van der Waals surface area contributed by atoms with Crippen LogP contribution in [0.2, 0.25) is 5.15 Å². The average molecular weight is 354 g/mol. The first kappa shape index (κ1) is 16.6. The highest BCUT2D eigenvalue weighted by molar-refractivity contribution is 7.89. The zero-order valence-electron chi connectivity index (χ0n) is 13.1. The van der Waals surface area contributed by atoms with E-state index in [4.69, 9.17) is 17.3 Å². The third-order valence-corrected chi connectivity index (χ3v) is 5.84. The van der Waals surface area contributed by atoms with Crippen molar-refractivity contribution in [3.05, 3.63) is 34.6 Å². The van der Waals surface area contributed by atoms with Gasteiger partial charge in [-0.1, -0.05) is 25.4 Å². The lowest BCUT2D eigenvalue weighted by Gasteiger charge is -2.15. The summed E-state index contributed by atoms with van der Waals surface area (Å²) in [5, 5.41) is 1.71. The molecule has 1 aliphatic carbocycles. The molecule has 0 fully saturated rings. The number of rotatable bonds is 4. The number of sulfonamides is 1. The Labute approximate surface area is 141 Å². The lowest BCUT2D eigenvalue weighted by atomic mass is 10.0. The molecule has 5 nitrogen and oxygen atoms in total. The van der Waals surface area contributed by atoms with Crippen molar-refractivity contribution in [1.82, 2.24) is 9.71 Å². The van der Waals surface area contributed by atoms with Gasteiger partial charge >= 0.3 is 0 Å². The van der Waals surface area contributed by atoms with Crippen LogP contribution in [0.3, 0.4) is 0 Å². The van der Waals surface area contributed by atoms with E-state index in [1.165, 1.54) is 0 Å². The first-order valence-electron chi connectivity index (χ1n) is 7.66. The van der Waals surface area contributed by atoms with E-state index in [1.54, 1.807) is 18.3 Å². The molecule has 1 atom stereocenters. The molecule has 124 valence electrons. The number of halogens is 1. The summed E-state index contributed by atoms with van der Waals surface area (Å²) in [7, 11) is -3.64. The summed E-state index contributed by atoms with van der Waals surface area (Å²) < 4.78 is 28.2. The molecule has 0 radical (unpaired) electrons. The standard InChI is InChI=1S/C16H20ClN3O2S/c1-9(2)7-20-23(21,22)15-5-11-10(3-4-14(11)18)13-8-19-16(17)6-12(13)15/h5-6,8-9,14,20H,3-4,7,18H2,1-2H3. The number of benzene rings is 1. The highest BCUT2D eigenvalue weighted by atomic mass is 35.5. The van der Waals surface area contributed by atoms with Crippen molar-refractivity contribution in [3.8, 4) is 0 Å². The number of nitrogens with one attached hydrogen (secondary N) is 1. The molecule has 0 bridgehead atoms. The van der Waals surface area contributed by atoms with Crippen LogP contribution in [0.5, 0.6) is 0 Å². The predicted octanol–water partition coefficient (Wildman–Crippen LogP) is 2.77. The Hall–Kier alpha value is -1.21. The number of hydrogen-bond donors (Lipinski definition) is 2. The normalized spacial score (nSPS) is 17.9. The Balaban J connectivity index is 2.24. The first-order valence-corrected chi connectivity index (χ1v) is 9.52. The van der Waals surface area contributed by atoms with Gasteiger partial charge in [-0.3, -0.25) is 0 Å². The van der Waals surface area contributed by atoms with Gasteiger partial charge in [-0.15, -0.1) is 0 Å². The van der Waals surface area contributed by atoms with E-state index in [0.717, 1.165) is 29.4 Å². The second-order valence-corrected chi connectivity index (χ2v) is 8.51. The summed E-state index contributed by atoms with van der Waals surface area (Å²) in [4.78, 5) is 4.35. The number of fused-ring (bicyclic) bond motifs is 3. The molecule has 1 aliphatic rings. The summed E-state index contributed by atoms with van der Waals surface area (Å²) in [6.07, 6.45) is 3.29. The summed E-state index contributed by atoms with van der Waals surface area (Å²) in [6.45, 7) is 4.30. The van der Waals surface area contributed by atoms with Gasteiger partial charge in [-0.2, -0.15) is 0 Å². The molecule has 3 N–H and O–H groups in total. The van der Waals surface area contributed by atoms with Crippen molar-refractivity contribution in [3.63, 3.8) is 0 Å². The van der Waals surface area contributed by atoms with Crippen molar-refractivity contribution >= 4 is 32.4 Å².